The summed E-state index contributed by atoms with van der Waals surface area (Å²) in [6, 6.07) is 0.112. The van der Waals surface area contributed by atoms with Crippen molar-refractivity contribution < 1.29 is 13.5 Å². The van der Waals surface area contributed by atoms with E-state index in [1.165, 1.54) is 13.2 Å². The van der Waals surface area contributed by atoms with E-state index in [2.05, 4.69) is 4.37 Å². The Balaban J connectivity index is 2.83. The van der Waals surface area contributed by atoms with E-state index >= 15 is 0 Å². The number of hydrogen-bond acceptors (Lipinski definition) is 4. The molecular weight excluding hydrogens is 198 g/mol. The Morgan fingerprint density at radius 3 is 2.69 bits per heavy atom. The average Bonchev–Trinajstić information content (AvgIpc) is 2.48. The van der Waals surface area contributed by atoms with E-state index < -0.39 is 12.0 Å². The topological polar surface area (TPSA) is 48.1 Å². The molecule has 1 rings (SSSR count). The highest BCUT2D eigenvalue weighted by molar-refractivity contribution is 7.06. The fourth-order valence-electron chi connectivity index (χ4n) is 0.765. The first-order chi connectivity index (χ1) is 5.95. The van der Waals surface area contributed by atoms with Gasteiger partial charge in [-0.3, -0.25) is 0 Å². The summed E-state index contributed by atoms with van der Waals surface area (Å²) in [5, 5.41) is 0. The van der Waals surface area contributed by atoms with Crippen LogP contribution in [-0.4, -0.2) is 17.4 Å². The fourth-order valence-corrected chi connectivity index (χ4v) is 1.56. The lowest BCUT2D eigenvalue weighted by Gasteiger charge is -2.16. The van der Waals surface area contributed by atoms with Crippen LogP contribution in [0, 0.1) is 0 Å². The quantitative estimate of drug-likeness (QED) is 0.824. The van der Waals surface area contributed by atoms with Crippen LogP contribution in [0.25, 0.3) is 0 Å². The average molecular weight is 208 g/mol. The zero-order chi connectivity index (χ0) is 10.1. The monoisotopic (exact) mass is 208 g/mol. The van der Waals surface area contributed by atoms with Gasteiger partial charge in [0, 0.05) is 13.0 Å². The molecule has 0 aromatic carbocycles. The lowest BCUT2D eigenvalue weighted by Crippen LogP contribution is -2.28. The minimum atomic E-state index is -2.93. The number of rotatable bonds is 3. The van der Waals surface area contributed by atoms with Crippen LogP contribution in [0.1, 0.15) is 17.8 Å². The van der Waals surface area contributed by atoms with Crippen LogP contribution in [0.4, 0.5) is 8.78 Å². The third kappa shape index (κ3) is 2.35. The van der Waals surface area contributed by atoms with Crippen LogP contribution >= 0.6 is 11.5 Å². The first-order valence-corrected chi connectivity index (χ1v) is 4.36. The molecule has 74 valence electrons. The Hall–Kier alpha value is -0.750. The number of nitrogens with zero attached hydrogens (tertiary/aromatic N) is 1. The van der Waals surface area contributed by atoms with Crippen molar-refractivity contribution in [1.29, 1.82) is 0 Å². The SMILES string of the molecule is COc1cc(C(N)C(C)(F)F)sn1. The molecule has 0 radical (unpaired) electrons. The third-order valence-corrected chi connectivity index (χ3v) is 2.42. The van der Waals surface area contributed by atoms with E-state index in [0.717, 1.165) is 18.5 Å². The van der Waals surface area contributed by atoms with Gasteiger partial charge in [-0.1, -0.05) is 0 Å². The van der Waals surface area contributed by atoms with Crippen LogP contribution in [0.3, 0.4) is 0 Å². The maximum absolute atomic E-state index is 12.7. The van der Waals surface area contributed by atoms with Gasteiger partial charge >= 0.3 is 0 Å². The molecule has 0 aliphatic heterocycles. The van der Waals surface area contributed by atoms with Gasteiger partial charge in [0.25, 0.3) is 5.92 Å². The van der Waals surface area contributed by atoms with E-state index in [0.29, 0.717) is 10.8 Å². The number of hydrogen-bond donors (Lipinski definition) is 1. The fraction of sp³-hybridized carbons (Fsp3) is 0.571. The van der Waals surface area contributed by atoms with Crippen molar-refractivity contribution in [3.05, 3.63) is 10.9 Å². The van der Waals surface area contributed by atoms with E-state index in [9.17, 15) is 8.78 Å². The summed E-state index contributed by atoms with van der Waals surface area (Å²) in [6.45, 7) is 0.782. The lowest BCUT2D eigenvalue weighted by atomic mass is 10.1. The molecule has 0 aliphatic carbocycles. The first-order valence-electron chi connectivity index (χ1n) is 3.59. The summed E-state index contributed by atoms with van der Waals surface area (Å²) in [4.78, 5) is 0.323. The van der Waals surface area contributed by atoms with Crippen LogP contribution < -0.4 is 10.5 Å². The molecular formula is C7H10F2N2OS. The minimum Gasteiger partial charge on any atom is -0.480 e. The van der Waals surface area contributed by atoms with E-state index in [1.807, 2.05) is 0 Å². The third-order valence-electron chi connectivity index (χ3n) is 1.57. The molecule has 0 amide bonds. The second kappa shape index (κ2) is 3.55. The van der Waals surface area contributed by atoms with Crippen molar-refractivity contribution in [3.8, 4) is 5.88 Å². The van der Waals surface area contributed by atoms with Gasteiger partial charge in [-0.25, -0.2) is 8.78 Å². The Bertz CT molecular complexity index is 284. The zero-order valence-electron chi connectivity index (χ0n) is 7.25. The Kier molecular flexibility index (Phi) is 2.82. The Morgan fingerprint density at radius 2 is 2.31 bits per heavy atom. The maximum atomic E-state index is 12.7. The molecule has 0 spiro atoms. The van der Waals surface area contributed by atoms with Crippen molar-refractivity contribution in [2.75, 3.05) is 7.11 Å². The highest BCUT2D eigenvalue weighted by atomic mass is 32.1. The largest absolute Gasteiger partial charge is 0.480 e. The first kappa shape index (κ1) is 10.3. The van der Waals surface area contributed by atoms with Gasteiger partial charge in [0.1, 0.15) is 6.04 Å². The summed E-state index contributed by atoms with van der Waals surface area (Å²) in [5.74, 6) is -2.61. The van der Waals surface area contributed by atoms with E-state index in [-0.39, 0.29) is 0 Å². The zero-order valence-corrected chi connectivity index (χ0v) is 8.07. The van der Waals surface area contributed by atoms with Crippen LogP contribution in [0.15, 0.2) is 6.07 Å². The van der Waals surface area contributed by atoms with Gasteiger partial charge in [0.2, 0.25) is 5.88 Å². The standard InChI is InChI=1S/C7H10F2N2OS/c1-7(8,9)6(10)4-3-5(12-2)11-13-4/h3,6H,10H2,1-2H3. The van der Waals surface area contributed by atoms with E-state index in [1.54, 1.807) is 0 Å². The summed E-state index contributed by atoms with van der Waals surface area (Å²) in [6.07, 6.45) is 0. The van der Waals surface area contributed by atoms with Crippen LogP contribution in [-0.2, 0) is 0 Å². The molecule has 0 aliphatic rings. The molecule has 2 N–H and O–H groups in total. The summed E-state index contributed by atoms with van der Waals surface area (Å²) < 4.78 is 34.0. The van der Waals surface area contributed by atoms with Crippen molar-refractivity contribution in [1.82, 2.24) is 4.37 Å². The maximum Gasteiger partial charge on any atom is 0.265 e. The lowest BCUT2D eigenvalue weighted by molar-refractivity contribution is -0.00513. The minimum absolute atomic E-state index is 0.319. The molecule has 0 fully saturated rings. The van der Waals surface area contributed by atoms with Gasteiger partial charge < -0.3 is 10.5 Å². The highest BCUT2D eigenvalue weighted by Crippen LogP contribution is 2.32. The second-order valence-electron chi connectivity index (χ2n) is 2.71. The van der Waals surface area contributed by atoms with Crippen molar-refractivity contribution in [3.63, 3.8) is 0 Å². The van der Waals surface area contributed by atoms with Gasteiger partial charge in [-0.05, 0) is 11.5 Å². The van der Waals surface area contributed by atoms with Crippen molar-refractivity contribution in [2.45, 2.75) is 18.9 Å². The molecule has 0 bridgehead atoms. The van der Waals surface area contributed by atoms with Crippen molar-refractivity contribution in [2.24, 2.45) is 5.73 Å². The molecule has 6 heteroatoms. The number of aromatic nitrogens is 1. The number of halogens is 2. The summed E-state index contributed by atoms with van der Waals surface area (Å²) in [5.41, 5.74) is 5.30. The van der Waals surface area contributed by atoms with Crippen molar-refractivity contribution >= 4 is 11.5 Å². The van der Waals surface area contributed by atoms with Crippen LogP contribution in [0.2, 0.25) is 0 Å². The number of methoxy groups -OCH3 is 1. The van der Waals surface area contributed by atoms with Crippen LogP contribution in [0.5, 0.6) is 5.88 Å². The Morgan fingerprint density at radius 1 is 1.69 bits per heavy atom. The summed E-state index contributed by atoms with van der Waals surface area (Å²) >= 11 is 0.929. The molecule has 1 unspecified atom stereocenters. The normalized spacial score (nSPS) is 14.2. The molecule has 3 nitrogen and oxygen atoms in total. The number of alkyl halides is 2. The number of nitrogens with two attached hydrogens (primary N) is 1. The molecule has 1 aromatic heterocycles. The smallest absolute Gasteiger partial charge is 0.265 e. The second-order valence-corrected chi connectivity index (χ2v) is 3.54. The molecule has 0 saturated carbocycles. The molecule has 1 heterocycles. The molecule has 1 aromatic rings. The van der Waals surface area contributed by atoms with Gasteiger partial charge in [-0.2, -0.15) is 4.37 Å². The van der Waals surface area contributed by atoms with Gasteiger partial charge in [0.15, 0.2) is 0 Å². The van der Waals surface area contributed by atoms with E-state index in [4.69, 9.17) is 10.5 Å². The number of ether oxygens (including phenoxy) is 1. The predicted molar refractivity (Wildman–Crippen MR) is 46.2 cm³/mol. The predicted octanol–water partition coefficient (Wildman–Crippen LogP) is 1.81. The highest BCUT2D eigenvalue weighted by Gasteiger charge is 2.33. The Labute approximate surface area is 78.7 Å². The molecule has 13 heavy (non-hydrogen) atoms. The summed E-state index contributed by atoms with van der Waals surface area (Å²) in [7, 11) is 1.43. The van der Waals surface area contributed by atoms with Gasteiger partial charge in [0.05, 0.1) is 12.0 Å². The molecule has 1 atom stereocenters. The van der Waals surface area contributed by atoms with Gasteiger partial charge in [-0.15, -0.1) is 0 Å². The molecule has 0 saturated heterocycles.